The number of H-pyrrole nitrogens is 1. The predicted octanol–water partition coefficient (Wildman–Crippen LogP) is 3.41. The lowest BCUT2D eigenvalue weighted by Gasteiger charge is -1.95. The van der Waals surface area contributed by atoms with E-state index in [0.29, 0.717) is 0 Å². The van der Waals surface area contributed by atoms with Gasteiger partial charge >= 0.3 is 0 Å². The van der Waals surface area contributed by atoms with Crippen molar-refractivity contribution in [2.75, 3.05) is 0 Å². The predicted molar refractivity (Wildman–Crippen MR) is 60.1 cm³/mol. The van der Waals surface area contributed by atoms with Crippen LogP contribution in [0.3, 0.4) is 0 Å². The van der Waals surface area contributed by atoms with Crippen molar-refractivity contribution >= 4 is 0 Å². The molecule has 0 radical (unpaired) electrons. The van der Waals surface area contributed by atoms with Gasteiger partial charge in [0, 0.05) is 24.2 Å². The molecule has 2 aromatic heterocycles. The number of aromatic nitrogens is 2. The monoisotopic (exact) mass is 188 g/mol. The third kappa shape index (κ3) is 2.46. The van der Waals surface area contributed by atoms with Crippen molar-refractivity contribution in [3.8, 4) is 11.3 Å². The third-order valence-corrected chi connectivity index (χ3v) is 1.81. The van der Waals surface area contributed by atoms with Gasteiger partial charge in [-0.1, -0.05) is 19.9 Å². The van der Waals surface area contributed by atoms with E-state index < -0.39 is 0 Å². The Labute approximate surface area is 85.0 Å². The third-order valence-electron chi connectivity index (χ3n) is 1.81. The summed E-state index contributed by atoms with van der Waals surface area (Å²) in [7, 11) is 0. The van der Waals surface area contributed by atoms with Crippen LogP contribution in [0.2, 0.25) is 0 Å². The summed E-state index contributed by atoms with van der Waals surface area (Å²) in [5, 5.41) is 0. The van der Waals surface area contributed by atoms with E-state index in [4.69, 9.17) is 0 Å². The zero-order chi connectivity index (χ0) is 10.4. The van der Waals surface area contributed by atoms with Crippen LogP contribution >= 0.6 is 0 Å². The van der Waals surface area contributed by atoms with Crippen molar-refractivity contribution in [3.05, 3.63) is 42.4 Å². The summed E-state index contributed by atoms with van der Waals surface area (Å²) in [6.45, 7) is 6.04. The van der Waals surface area contributed by atoms with Crippen molar-refractivity contribution in [1.82, 2.24) is 9.97 Å². The maximum Gasteiger partial charge on any atom is 0.0717 e. The molecule has 0 spiro atoms. The average molecular weight is 188 g/mol. The first-order chi connectivity index (χ1) is 6.86. The number of hydrogen-bond acceptors (Lipinski definition) is 1. The molecule has 0 aliphatic carbocycles. The Balaban J connectivity index is 0.000000461. The SMILES string of the molecule is CC.Cc1ccc(-c2cc[nH]c2)nc1. The lowest BCUT2D eigenvalue weighted by atomic mass is 10.2. The molecule has 74 valence electrons. The quantitative estimate of drug-likeness (QED) is 0.730. The summed E-state index contributed by atoms with van der Waals surface area (Å²) in [5.41, 5.74) is 3.34. The summed E-state index contributed by atoms with van der Waals surface area (Å²) in [5.74, 6) is 0. The second kappa shape index (κ2) is 5.22. The Morgan fingerprint density at radius 1 is 1.14 bits per heavy atom. The summed E-state index contributed by atoms with van der Waals surface area (Å²) < 4.78 is 0. The first-order valence-electron chi connectivity index (χ1n) is 4.92. The van der Waals surface area contributed by atoms with E-state index in [2.05, 4.69) is 16.0 Å². The van der Waals surface area contributed by atoms with Crippen LogP contribution in [0.25, 0.3) is 11.3 Å². The van der Waals surface area contributed by atoms with Gasteiger partial charge in [0.1, 0.15) is 0 Å². The van der Waals surface area contributed by atoms with E-state index >= 15 is 0 Å². The molecule has 0 fully saturated rings. The highest BCUT2D eigenvalue weighted by Gasteiger charge is 1.96. The molecule has 0 aromatic carbocycles. The van der Waals surface area contributed by atoms with Crippen LogP contribution in [0.5, 0.6) is 0 Å². The highest BCUT2D eigenvalue weighted by molar-refractivity contribution is 5.57. The molecule has 0 unspecified atom stereocenters. The van der Waals surface area contributed by atoms with Gasteiger partial charge in [0.15, 0.2) is 0 Å². The smallest absolute Gasteiger partial charge is 0.0717 e. The van der Waals surface area contributed by atoms with Gasteiger partial charge in [-0.25, -0.2) is 0 Å². The van der Waals surface area contributed by atoms with Crippen LogP contribution in [0, 0.1) is 6.92 Å². The number of nitrogens with one attached hydrogen (secondary N) is 1. The first kappa shape index (κ1) is 10.5. The zero-order valence-electron chi connectivity index (χ0n) is 8.91. The molecule has 0 aliphatic rings. The van der Waals surface area contributed by atoms with Gasteiger partial charge in [-0.15, -0.1) is 0 Å². The van der Waals surface area contributed by atoms with Crippen LogP contribution in [-0.4, -0.2) is 9.97 Å². The molecule has 2 heterocycles. The van der Waals surface area contributed by atoms with Crippen LogP contribution in [-0.2, 0) is 0 Å². The fourth-order valence-corrected chi connectivity index (χ4v) is 1.12. The van der Waals surface area contributed by atoms with Crippen LogP contribution < -0.4 is 0 Å². The summed E-state index contributed by atoms with van der Waals surface area (Å²) in [6, 6.07) is 6.10. The van der Waals surface area contributed by atoms with Gasteiger partial charge in [0.25, 0.3) is 0 Å². The molecule has 0 amide bonds. The molecule has 14 heavy (non-hydrogen) atoms. The molecule has 2 aromatic rings. The number of nitrogens with zero attached hydrogens (tertiary/aromatic N) is 1. The van der Waals surface area contributed by atoms with E-state index in [1.165, 1.54) is 5.56 Å². The van der Waals surface area contributed by atoms with E-state index in [1.807, 2.05) is 51.5 Å². The molecule has 1 N–H and O–H groups in total. The lowest BCUT2D eigenvalue weighted by Crippen LogP contribution is -1.80. The van der Waals surface area contributed by atoms with Crippen LogP contribution in [0.4, 0.5) is 0 Å². The number of aromatic amines is 1. The van der Waals surface area contributed by atoms with Crippen LogP contribution in [0.1, 0.15) is 19.4 Å². The summed E-state index contributed by atoms with van der Waals surface area (Å²) >= 11 is 0. The highest BCUT2D eigenvalue weighted by Crippen LogP contribution is 2.14. The number of rotatable bonds is 1. The molecular weight excluding hydrogens is 172 g/mol. The number of aryl methyl sites for hydroxylation is 1. The minimum Gasteiger partial charge on any atom is -0.367 e. The highest BCUT2D eigenvalue weighted by atomic mass is 14.7. The molecule has 0 saturated heterocycles. The Morgan fingerprint density at radius 3 is 2.43 bits per heavy atom. The molecule has 0 saturated carbocycles. The first-order valence-corrected chi connectivity index (χ1v) is 4.92. The van der Waals surface area contributed by atoms with Crippen molar-refractivity contribution in [2.45, 2.75) is 20.8 Å². The second-order valence-electron chi connectivity index (χ2n) is 2.82. The van der Waals surface area contributed by atoms with E-state index in [9.17, 15) is 0 Å². The Hall–Kier alpha value is -1.57. The molecule has 0 bridgehead atoms. The zero-order valence-corrected chi connectivity index (χ0v) is 8.91. The molecule has 0 aliphatic heterocycles. The van der Waals surface area contributed by atoms with Gasteiger partial charge in [0.05, 0.1) is 5.69 Å². The summed E-state index contributed by atoms with van der Waals surface area (Å²) in [6.07, 6.45) is 5.72. The molecule has 0 atom stereocenters. The fraction of sp³-hybridized carbons (Fsp3) is 0.250. The van der Waals surface area contributed by atoms with Gasteiger partial charge < -0.3 is 4.98 Å². The molecule has 2 rings (SSSR count). The maximum atomic E-state index is 4.30. The number of pyridine rings is 1. The molecular formula is C12H16N2. The van der Waals surface area contributed by atoms with Crippen molar-refractivity contribution in [3.63, 3.8) is 0 Å². The van der Waals surface area contributed by atoms with Crippen molar-refractivity contribution < 1.29 is 0 Å². The second-order valence-corrected chi connectivity index (χ2v) is 2.82. The Bertz CT molecular complexity index is 346. The minimum atomic E-state index is 1.02. The molecule has 2 heteroatoms. The average Bonchev–Trinajstić information content (AvgIpc) is 2.75. The van der Waals surface area contributed by atoms with Crippen LogP contribution in [0.15, 0.2) is 36.8 Å². The van der Waals surface area contributed by atoms with Crippen molar-refractivity contribution in [1.29, 1.82) is 0 Å². The Morgan fingerprint density at radius 2 is 1.93 bits per heavy atom. The van der Waals surface area contributed by atoms with Gasteiger partial charge in [-0.3, -0.25) is 4.98 Å². The topological polar surface area (TPSA) is 28.7 Å². The largest absolute Gasteiger partial charge is 0.367 e. The van der Waals surface area contributed by atoms with E-state index in [1.54, 1.807) is 0 Å². The lowest BCUT2D eigenvalue weighted by molar-refractivity contribution is 1.27. The molecule has 2 nitrogen and oxygen atoms in total. The van der Waals surface area contributed by atoms with Crippen molar-refractivity contribution in [2.24, 2.45) is 0 Å². The standard InChI is InChI=1S/C10H10N2.C2H6/c1-8-2-3-10(12-6-8)9-4-5-11-7-9;1-2/h2-7,11H,1H3;1-2H3. The van der Waals surface area contributed by atoms with E-state index in [0.717, 1.165) is 11.3 Å². The minimum absolute atomic E-state index is 1.02. The van der Waals surface area contributed by atoms with Gasteiger partial charge in [0.2, 0.25) is 0 Å². The maximum absolute atomic E-state index is 4.30. The Kier molecular flexibility index (Phi) is 3.92. The van der Waals surface area contributed by atoms with E-state index in [-0.39, 0.29) is 0 Å². The normalized spacial score (nSPS) is 9.07. The summed E-state index contributed by atoms with van der Waals surface area (Å²) in [4.78, 5) is 7.30. The van der Waals surface area contributed by atoms with Gasteiger partial charge in [-0.05, 0) is 24.6 Å². The number of hydrogen-bond donors (Lipinski definition) is 1. The fourth-order valence-electron chi connectivity index (χ4n) is 1.12. The van der Waals surface area contributed by atoms with Gasteiger partial charge in [-0.2, -0.15) is 0 Å².